The second kappa shape index (κ2) is 25.6. The lowest BCUT2D eigenvalue weighted by Gasteiger charge is -2.26. The van der Waals surface area contributed by atoms with Gasteiger partial charge in [0.15, 0.2) is 0 Å². The Morgan fingerprint density at radius 2 is 0.886 bits per heavy atom. The van der Waals surface area contributed by atoms with Gasteiger partial charge in [-0.3, -0.25) is 4.79 Å². The lowest BCUT2D eigenvalue weighted by molar-refractivity contribution is -0.133. The molecule has 7 aromatic carbocycles. The Balaban J connectivity index is 1.04. The van der Waals surface area contributed by atoms with Gasteiger partial charge in [0.1, 0.15) is 11.6 Å². The summed E-state index contributed by atoms with van der Waals surface area (Å²) in [6.07, 6.45) is 17.3. The minimum absolute atomic E-state index is 0.316. The number of hydrogen-bond acceptors (Lipinski definition) is 6. The molecule has 9 aromatic rings. The summed E-state index contributed by atoms with van der Waals surface area (Å²) in [6, 6.07) is 72.2. The summed E-state index contributed by atoms with van der Waals surface area (Å²) in [5, 5.41) is 28.2. The van der Waals surface area contributed by atoms with E-state index in [9.17, 15) is 25.1 Å². The lowest BCUT2D eigenvalue weighted by Crippen LogP contribution is -2.09. The molecule has 2 aromatic heterocycles. The third-order valence-corrected chi connectivity index (χ3v) is 14.9. The van der Waals surface area contributed by atoms with Crippen LogP contribution in [0.15, 0.2) is 242 Å². The number of carbonyl (C=O) groups is 2. The van der Waals surface area contributed by atoms with E-state index in [-0.39, 0.29) is 11.3 Å². The maximum absolute atomic E-state index is 11.6. The monoisotopic (exact) mass is 1060 g/mol. The molecular formula is C70H51N3O4S2. The van der Waals surface area contributed by atoms with Crippen LogP contribution in [0, 0.1) is 31.8 Å². The van der Waals surface area contributed by atoms with Crippen molar-refractivity contribution >= 4 is 98.8 Å². The quantitative estimate of drug-likeness (QED) is 0.0292. The van der Waals surface area contributed by atoms with Crippen molar-refractivity contribution in [2.75, 3.05) is 4.90 Å². The van der Waals surface area contributed by atoms with E-state index in [4.69, 9.17) is 6.57 Å². The first-order valence-electron chi connectivity index (χ1n) is 25.2. The highest BCUT2D eigenvalue weighted by Gasteiger charge is 2.16. The maximum atomic E-state index is 11.6. The molecule has 0 aliphatic heterocycles. The molecule has 0 spiro atoms. The molecule has 79 heavy (non-hydrogen) atoms. The van der Waals surface area contributed by atoms with Gasteiger partial charge in [0.2, 0.25) is 0 Å². The number of aryl methyl sites for hydroxylation is 2. The summed E-state index contributed by atoms with van der Waals surface area (Å²) in [5.74, 6) is -2.51. The molecule has 0 atom stereocenters. The zero-order chi connectivity index (χ0) is 55.1. The Labute approximate surface area is 468 Å². The molecule has 0 amide bonds. The van der Waals surface area contributed by atoms with Crippen molar-refractivity contribution in [1.29, 1.82) is 5.26 Å². The van der Waals surface area contributed by atoms with Crippen LogP contribution in [0.1, 0.15) is 69.6 Å². The summed E-state index contributed by atoms with van der Waals surface area (Å²) < 4.78 is 0. The van der Waals surface area contributed by atoms with E-state index in [1.807, 2.05) is 97.1 Å². The molecule has 0 saturated heterocycles. The standard InChI is InChI=1S/C70H51N3O4S2/c1-48-20-30-55(31-21-48)65(56-32-22-49(2)23-33-56)44-52-28-38-60(39-29-52)73(58-34-24-50(25-35-58)12-10-18-63(53-14-6-4-7-15-53)67-42-40-61(78-67)45-57(47-71)69(74)75)59-36-26-51(27-37-59)13-11-19-64(54-16-8-5-9-17-54)68-43-41-62(79-68)46-66(72-3)70(76)77/h4-46H,1-2H3,(H,74,75)(H,76,77). The number of hydrogen-bond donors (Lipinski definition) is 2. The van der Waals surface area contributed by atoms with Crippen molar-refractivity contribution in [1.82, 2.24) is 0 Å². The minimum Gasteiger partial charge on any atom is -0.486 e. The van der Waals surface area contributed by atoms with Gasteiger partial charge in [-0.15, -0.1) is 22.7 Å². The number of rotatable bonds is 18. The van der Waals surface area contributed by atoms with E-state index >= 15 is 0 Å². The molecule has 7 nitrogen and oxygen atoms in total. The third-order valence-electron chi connectivity index (χ3n) is 12.8. The number of carboxylic acids is 2. The Hall–Kier alpha value is -10.2. The summed E-state index contributed by atoms with van der Waals surface area (Å²) in [5.41, 5.74) is 15.1. The molecule has 382 valence electrons. The fraction of sp³-hybridized carbons (Fsp3) is 0.0286. The molecule has 0 aliphatic rings. The fourth-order valence-corrected chi connectivity index (χ4v) is 10.7. The van der Waals surface area contributed by atoms with Crippen LogP contribution in [-0.2, 0) is 9.59 Å². The smallest absolute Gasteiger partial charge is 0.346 e. The first-order chi connectivity index (χ1) is 38.5. The average molecular weight is 1060 g/mol. The predicted molar refractivity (Wildman–Crippen MR) is 328 cm³/mol. The van der Waals surface area contributed by atoms with Crippen molar-refractivity contribution in [2.24, 2.45) is 0 Å². The number of thiophene rings is 2. The van der Waals surface area contributed by atoms with Gasteiger partial charge in [-0.25, -0.2) is 9.64 Å². The number of allylic oxidation sites excluding steroid dienone is 4. The minimum atomic E-state index is -1.26. The van der Waals surface area contributed by atoms with Gasteiger partial charge in [0, 0.05) is 36.6 Å². The number of carboxylic acid groups (broad SMARTS) is 2. The molecule has 2 heterocycles. The normalized spacial score (nSPS) is 12.1. The van der Waals surface area contributed by atoms with Gasteiger partial charge in [-0.1, -0.05) is 193 Å². The van der Waals surface area contributed by atoms with Crippen LogP contribution in [0.2, 0.25) is 0 Å². The van der Waals surface area contributed by atoms with E-state index in [0.29, 0.717) is 9.75 Å². The van der Waals surface area contributed by atoms with E-state index in [1.54, 1.807) is 6.07 Å². The number of benzene rings is 7. The molecule has 2 N–H and O–H groups in total. The number of nitrogens with zero attached hydrogens (tertiary/aromatic N) is 3. The summed E-state index contributed by atoms with van der Waals surface area (Å²) >= 11 is 2.85. The third kappa shape index (κ3) is 13.8. The van der Waals surface area contributed by atoms with E-state index in [0.717, 1.165) is 82.5 Å². The highest BCUT2D eigenvalue weighted by Crippen LogP contribution is 2.37. The van der Waals surface area contributed by atoms with Gasteiger partial charge in [-0.2, -0.15) is 5.26 Å². The van der Waals surface area contributed by atoms with E-state index < -0.39 is 11.9 Å². The molecule has 9 rings (SSSR count). The second-order valence-corrected chi connectivity index (χ2v) is 20.6. The first-order valence-corrected chi connectivity index (χ1v) is 26.9. The van der Waals surface area contributed by atoms with Gasteiger partial charge in [0.25, 0.3) is 5.70 Å². The molecule has 0 saturated carbocycles. The second-order valence-electron chi connectivity index (χ2n) is 18.3. The Morgan fingerprint density at radius 1 is 0.481 bits per heavy atom. The fourth-order valence-electron chi connectivity index (χ4n) is 8.70. The van der Waals surface area contributed by atoms with E-state index in [2.05, 4.69) is 175 Å². The molecule has 0 fully saturated rings. The van der Waals surface area contributed by atoms with Crippen LogP contribution in [0.3, 0.4) is 0 Å². The maximum Gasteiger partial charge on any atom is 0.346 e. The number of nitriles is 1. The summed E-state index contributed by atoms with van der Waals surface area (Å²) in [7, 11) is 0. The van der Waals surface area contributed by atoms with Gasteiger partial charge >= 0.3 is 11.9 Å². The highest BCUT2D eigenvalue weighted by molar-refractivity contribution is 7.14. The van der Waals surface area contributed by atoms with Crippen LogP contribution < -0.4 is 4.90 Å². The zero-order valence-electron chi connectivity index (χ0n) is 43.2. The molecule has 9 heteroatoms. The van der Waals surface area contributed by atoms with E-state index in [1.165, 1.54) is 46.0 Å². The van der Waals surface area contributed by atoms with Crippen molar-refractivity contribution < 1.29 is 19.8 Å². The van der Waals surface area contributed by atoms with Crippen LogP contribution >= 0.6 is 22.7 Å². The van der Waals surface area contributed by atoms with Crippen molar-refractivity contribution in [3.8, 4) is 6.07 Å². The Bertz CT molecular complexity index is 3700. The van der Waals surface area contributed by atoms with Crippen molar-refractivity contribution in [3.63, 3.8) is 0 Å². The zero-order valence-corrected chi connectivity index (χ0v) is 44.8. The topological polar surface area (TPSA) is 106 Å². The number of anilines is 3. The lowest BCUT2D eigenvalue weighted by atomic mass is 9.94. The molecule has 0 aliphatic carbocycles. The molecule has 0 unspecified atom stereocenters. The molecule has 0 bridgehead atoms. The largest absolute Gasteiger partial charge is 0.486 e. The first kappa shape index (κ1) is 53.7. The van der Waals surface area contributed by atoms with Crippen molar-refractivity contribution in [2.45, 2.75) is 13.8 Å². The van der Waals surface area contributed by atoms with Gasteiger partial charge in [-0.05, 0) is 148 Å². The van der Waals surface area contributed by atoms with Crippen LogP contribution in [0.4, 0.5) is 17.1 Å². The summed E-state index contributed by atoms with van der Waals surface area (Å²) in [4.78, 5) is 31.8. The van der Waals surface area contributed by atoms with Crippen LogP contribution in [0.5, 0.6) is 0 Å². The predicted octanol–water partition coefficient (Wildman–Crippen LogP) is 18.1. The van der Waals surface area contributed by atoms with Crippen LogP contribution in [-0.4, -0.2) is 22.2 Å². The Kier molecular flexibility index (Phi) is 17.4. The highest BCUT2D eigenvalue weighted by atomic mass is 32.1. The molecular weight excluding hydrogens is 1010 g/mol. The average Bonchev–Trinajstić information content (AvgIpc) is 4.18. The van der Waals surface area contributed by atoms with Gasteiger partial charge < -0.3 is 15.1 Å². The molecule has 0 radical (unpaired) electrons. The SMILES string of the molecule is [C-]#[N+]C(=Cc1ccc(C(=CC=Cc2ccc(N(c3ccc(C=CC=C(c4ccccc4)c4ccc(C=C(C#N)C(=O)O)s4)cc3)c3ccc(C=C(c4ccc(C)cc4)c4ccc(C)cc4)cc3)cc2)c2ccccc2)s1)C(=O)O. The van der Waals surface area contributed by atoms with Crippen molar-refractivity contribution in [3.05, 3.63) is 323 Å². The van der Waals surface area contributed by atoms with Gasteiger partial charge in [0.05, 0.1) is 6.57 Å². The van der Waals surface area contributed by atoms with Crippen LogP contribution in [0.25, 0.3) is 51.9 Å². The summed E-state index contributed by atoms with van der Waals surface area (Å²) in [6.45, 7) is 11.5. The number of aliphatic carboxylic acids is 2. The Morgan fingerprint density at radius 3 is 1.28 bits per heavy atom.